The van der Waals surface area contributed by atoms with E-state index in [1.165, 1.54) is 56.9 Å². The molecule has 0 fully saturated rings. The summed E-state index contributed by atoms with van der Waals surface area (Å²) in [5.41, 5.74) is 17.8. The Kier molecular flexibility index (Phi) is 14.1. The van der Waals surface area contributed by atoms with Gasteiger partial charge in [-0.25, -0.2) is 0 Å². The van der Waals surface area contributed by atoms with E-state index in [2.05, 4.69) is 94.2 Å². The summed E-state index contributed by atoms with van der Waals surface area (Å²) < 4.78 is 0. The molecule has 0 aliphatic heterocycles. The first-order valence-corrected chi connectivity index (χ1v) is 16.4. The molecule has 0 heterocycles. The zero-order chi connectivity index (χ0) is 28.7. The first-order valence-electron chi connectivity index (χ1n) is 16.4. The van der Waals surface area contributed by atoms with Gasteiger partial charge in [-0.1, -0.05) is 106 Å². The lowest BCUT2D eigenvalue weighted by atomic mass is 9.67. The highest BCUT2D eigenvalue weighted by Crippen LogP contribution is 2.44. The Morgan fingerprint density at radius 3 is 2.73 bits per heavy atom. The Morgan fingerprint density at radius 1 is 1.12 bits per heavy atom. The molecule has 0 saturated carbocycles. The molecule has 0 spiro atoms. The van der Waals surface area contributed by atoms with Gasteiger partial charge in [-0.2, -0.15) is 0 Å². The molecule has 3 rings (SSSR count). The lowest BCUT2D eigenvalue weighted by Gasteiger charge is -2.38. The molecular weight excluding hydrogens is 484 g/mol. The Labute approximate surface area is 246 Å². The van der Waals surface area contributed by atoms with Gasteiger partial charge in [0.2, 0.25) is 0 Å². The lowest BCUT2D eigenvalue weighted by molar-refractivity contribution is 0.258. The Bertz CT molecular complexity index is 1000. The summed E-state index contributed by atoms with van der Waals surface area (Å²) >= 11 is 0. The quantitative estimate of drug-likeness (QED) is 0.109. The molecular formula is C38H58N2. The molecule has 4 N–H and O–H groups in total. The normalized spacial score (nSPS) is 25.1. The van der Waals surface area contributed by atoms with Crippen molar-refractivity contribution < 1.29 is 0 Å². The minimum absolute atomic E-state index is 0.487. The monoisotopic (exact) mass is 542 g/mol. The SMILES string of the molecule is C=CC(CCN)C1C=CC=C(C(C)CCC(CC)C2C=CC(C/C=C\C=C(/N)CCCCC)=C3C=CCCC32)C1. The van der Waals surface area contributed by atoms with Crippen LogP contribution in [0.5, 0.6) is 0 Å². The standard InChI is InChI=1S/C38H58N2/c1-5-8-9-18-35(40)19-11-10-15-32-24-25-37(38-21-13-12-20-36(32)38)31(7-3)23-22-29(4)33-16-14-17-34(28-33)30(6-2)26-27-39/h6,10-12,14,16-17,19-20,24-25,29-31,34,37-38H,2,5,7-9,13,15,18,21-23,26-28,39-40H2,1,3-4H3/b11-10-,35-19-. The van der Waals surface area contributed by atoms with Gasteiger partial charge in [-0.15, -0.1) is 6.58 Å². The third kappa shape index (κ3) is 9.37. The lowest BCUT2D eigenvalue weighted by Crippen LogP contribution is -2.27. The second kappa shape index (κ2) is 17.5. The molecule has 0 aromatic rings. The van der Waals surface area contributed by atoms with Crippen LogP contribution in [0.2, 0.25) is 0 Å². The van der Waals surface area contributed by atoms with E-state index < -0.39 is 0 Å². The highest BCUT2D eigenvalue weighted by Gasteiger charge is 2.33. The minimum Gasteiger partial charge on any atom is -0.402 e. The van der Waals surface area contributed by atoms with E-state index in [1.54, 1.807) is 11.1 Å². The maximum Gasteiger partial charge on any atom is 0.00803 e. The van der Waals surface area contributed by atoms with Crippen molar-refractivity contribution in [1.29, 1.82) is 0 Å². The van der Waals surface area contributed by atoms with Crippen LogP contribution in [0, 0.1) is 35.5 Å². The summed E-state index contributed by atoms with van der Waals surface area (Å²) in [4.78, 5) is 0. The van der Waals surface area contributed by atoms with Crippen molar-refractivity contribution in [2.24, 2.45) is 47.0 Å². The van der Waals surface area contributed by atoms with Crippen LogP contribution >= 0.6 is 0 Å². The Balaban J connectivity index is 1.59. The summed E-state index contributed by atoms with van der Waals surface area (Å²) in [5.74, 6) is 3.72. The van der Waals surface area contributed by atoms with Crippen molar-refractivity contribution >= 4 is 0 Å². The molecule has 0 radical (unpaired) electrons. The summed E-state index contributed by atoms with van der Waals surface area (Å²) in [5, 5.41) is 0. The van der Waals surface area contributed by atoms with Crippen LogP contribution in [-0.4, -0.2) is 6.54 Å². The molecule has 2 heteroatoms. The summed E-state index contributed by atoms with van der Waals surface area (Å²) in [6.07, 6.45) is 39.8. The van der Waals surface area contributed by atoms with Gasteiger partial charge >= 0.3 is 0 Å². The van der Waals surface area contributed by atoms with Crippen molar-refractivity contribution in [2.75, 3.05) is 6.54 Å². The van der Waals surface area contributed by atoms with E-state index in [0.717, 1.165) is 43.8 Å². The Morgan fingerprint density at radius 2 is 1.98 bits per heavy atom. The average molecular weight is 543 g/mol. The van der Waals surface area contributed by atoms with Crippen LogP contribution < -0.4 is 11.5 Å². The van der Waals surface area contributed by atoms with Gasteiger partial charge in [0.05, 0.1) is 0 Å². The fraction of sp³-hybridized carbons (Fsp3) is 0.579. The van der Waals surface area contributed by atoms with Crippen LogP contribution in [0.4, 0.5) is 0 Å². The van der Waals surface area contributed by atoms with Crippen molar-refractivity contribution in [3.63, 3.8) is 0 Å². The summed E-state index contributed by atoms with van der Waals surface area (Å²) in [6.45, 7) is 11.9. The molecule has 0 bridgehead atoms. The molecule has 40 heavy (non-hydrogen) atoms. The molecule has 0 aromatic carbocycles. The van der Waals surface area contributed by atoms with Gasteiger partial charge in [-0.05, 0) is 117 Å². The van der Waals surface area contributed by atoms with Crippen LogP contribution in [0.25, 0.3) is 0 Å². The van der Waals surface area contributed by atoms with Gasteiger partial charge in [0.25, 0.3) is 0 Å². The first kappa shape index (κ1) is 32.2. The largest absolute Gasteiger partial charge is 0.402 e. The molecule has 2 nitrogen and oxygen atoms in total. The molecule has 220 valence electrons. The highest BCUT2D eigenvalue weighted by atomic mass is 14.6. The van der Waals surface area contributed by atoms with Crippen LogP contribution in [0.1, 0.15) is 97.8 Å². The predicted octanol–water partition coefficient (Wildman–Crippen LogP) is 9.90. The van der Waals surface area contributed by atoms with Crippen LogP contribution in [0.3, 0.4) is 0 Å². The van der Waals surface area contributed by atoms with Gasteiger partial charge in [0, 0.05) is 5.70 Å². The van der Waals surface area contributed by atoms with E-state index in [4.69, 9.17) is 11.5 Å². The fourth-order valence-electron chi connectivity index (χ4n) is 7.10. The third-order valence-corrected chi connectivity index (χ3v) is 9.71. The maximum absolute atomic E-state index is 6.20. The van der Waals surface area contributed by atoms with Crippen LogP contribution in [0.15, 0.2) is 95.8 Å². The number of hydrogen-bond acceptors (Lipinski definition) is 2. The van der Waals surface area contributed by atoms with Crippen LogP contribution in [-0.2, 0) is 0 Å². The smallest absolute Gasteiger partial charge is 0.00803 e. The highest BCUT2D eigenvalue weighted by molar-refractivity contribution is 5.42. The second-order valence-electron chi connectivity index (χ2n) is 12.5. The topological polar surface area (TPSA) is 52.0 Å². The zero-order valence-electron chi connectivity index (χ0n) is 25.9. The molecule has 3 aliphatic carbocycles. The van der Waals surface area contributed by atoms with Crippen molar-refractivity contribution in [3.05, 3.63) is 95.8 Å². The number of unbranched alkanes of at least 4 members (excludes halogenated alkanes) is 2. The number of allylic oxidation sites excluding steroid dienone is 15. The third-order valence-electron chi connectivity index (χ3n) is 9.71. The minimum atomic E-state index is 0.487. The molecule has 0 amide bonds. The van der Waals surface area contributed by atoms with E-state index in [0.29, 0.717) is 29.6 Å². The molecule has 3 aliphatic rings. The van der Waals surface area contributed by atoms with Crippen molar-refractivity contribution in [2.45, 2.75) is 97.8 Å². The van der Waals surface area contributed by atoms with Crippen molar-refractivity contribution in [1.82, 2.24) is 0 Å². The molecule has 6 unspecified atom stereocenters. The molecule has 6 atom stereocenters. The maximum atomic E-state index is 6.20. The number of rotatable bonds is 17. The van der Waals surface area contributed by atoms with Crippen molar-refractivity contribution in [3.8, 4) is 0 Å². The van der Waals surface area contributed by atoms with Gasteiger partial charge < -0.3 is 11.5 Å². The average Bonchev–Trinajstić information content (AvgIpc) is 2.99. The number of nitrogens with two attached hydrogens (primary N) is 2. The van der Waals surface area contributed by atoms with Gasteiger partial charge in [-0.3, -0.25) is 0 Å². The van der Waals surface area contributed by atoms with Gasteiger partial charge in [0.15, 0.2) is 0 Å². The number of hydrogen-bond donors (Lipinski definition) is 2. The van der Waals surface area contributed by atoms with E-state index in [1.807, 2.05) is 0 Å². The fourth-order valence-corrected chi connectivity index (χ4v) is 7.10. The Hall–Kier alpha value is -2.32. The zero-order valence-corrected chi connectivity index (χ0v) is 25.9. The summed E-state index contributed by atoms with van der Waals surface area (Å²) in [7, 11) is 0. The van der Waals surface area contributed by atoms with E-state index >= 15 is 0 Å². The molecule has 0 saturated heterocycles. The first-order chi connectivity index (χ1) is 19.5. The van der Waals surface area contributed by atoms with E-state index in [9.17, 15) is 0 Å². The second-order valence-corrected chi connectivity index (χ2v) is 12.5. The van der Waals surface area contributed by atoms with E-state index in [-0.39, 0.29) is 0 Å². The number of fused-ring (bicyclic) bond motifs is 1. The predicted molar refractivity (Wildman–Crippen MR) is 177 cm³/mol. The van der Waals surface area contributed by atoms with Gasteiger partial charge in [0.1, 0.15) is 0 Å². The summed E-state index contributed by atoms with van der Waals surface area (Å²) in [6, 6.07) is 0. The molecule has 0 aromatic heterocycles.